The summed E-state index contributed by atoms with van der Waals surface area (Å²) in [5.41, 5.74) is 5.13. The van der Waals surface area contributed by atoms with Gasteiger partial charge in [-0.3, -0.25) is 0 Å². The van der Waals surface area contributed by atoms with Crippen LogP contribution in [0.25, 0.3) is 0 Å². The van der Waals surface area contributed by atoms with Crippen LogP contribution in [-0.2, 0) is 5.41 Å². The van der Waals surface area contributed by atoms with Crippen LogP contribution in [0.2, 0.25) is 0 Å². The molecular weight excluding hydrogens is 276 g/mol. The fourth-order valence-corrected chi connectivity index (χ4v) is 3.83. The second kappa shape index (κ2) is 7.51. The van der Waals surface area contributed by atoms with Crippen LogP contribution < -0.4 is 0 Å². The highest BCUT2D eigenvalue weighted by molar-refractivity contribution is 5.43. The summed E-state index contributed by atoms with van der Waals surface area (Å²) in [7, 11) is 0. The van der Waals surface area contributed by atoms with Crippen molar-refractivity contribution in [1.29, 1.82) is 0 Å². The Bertz CT molecular complexity index is 574. The highest BCUT2D eigenvalue weighted by atomic mass is 14.4. The normalized spacial score (nSPS) is 28.3. The van der Waals surface area contributed by atoms with Crippen LogP contribution in [0.4, 0.5) is 0 Å². The van der Waals surface area contributed by atoms with Crippen LogP contribution in [0.5, 0.6) is 0 Å². The van der Waals surface area contributed by atoms with Gasteiger partial charge in [0.1, 0.15) is 0 Å². The Hall–Kier alpha value is -1.30. The zero-order valence-corrected chi connectivity index (χ0v) is 15.9. The van der Waals surface area contributed by atoms with Crippen molar-refractivity contribution in [3.63, 3.8) is 0 Å². The molecule has 0 nitrogen and oxygen atoms in total. The monoisotopic (exact) mass is 310 g/mol. The fraction of sp³-hybridized carbons (Fsp3) is 0.565. The molecule has 1 aromatic rings. The van der Waals surface area contributed by atoms with Gasteiger partial charge in [-0.1, -0.05) is 77.1 Å². The highest BCUT2D eigenvalue weighted by Crippen LogP contribution is 2.50. The Labute approximate surface area is 143 Å². The maximum Gasteiger partial charge on any atom is -0.00928 e. The minimum atomic E-state index is 0.356. The van der Waals surface area contributed by atoms with Crippen LogP contribution in [0.15, 0.2) is 42.5 Å². The molecule has 0 heterocycles. The van der Waals surface area contributed by atoms with Gasteiger partial charge in [0, 0.05) is 0 Å². The first-order chi connectivity index (χ1) is 11.0. The van der Waals surface area contributed by atoms with Crippen molar-refractivity contribution >= 4 is 0 Å². The fourth-order valence-electron chi connectivity index (χ4n) is 3.83. The standard InChI is InChI=1S/C21H28.C2H6/c1-5-6-7-8-16-14-19(16)17-9-10-20-18(13-17)15(2)11-12-21(20,3)4;1-2/h5-10,13,15-16,19H,11-12,14H2,1-4H3;1-2H3/b6-5+,8-7+;/t15?,16-,19?;/m1./s1. The van der Waals surface area contributed by atoms with Crippen molar-refractivity contribution in [3.05, 3.63) is 59.2 Å². The lowest BCUT2D eigenvalue weighted by Crippen LogP contribution is -2.25. The largest absolute Gasteiger partial charge is 0.0877 e. The molecule has 0 heteroatoms. The highest BCUT2D eigenvalue weighted by Gasteiger charge is 2.37. The molecular formula is C23H34. The number of benzene rings is 1. The molecule has 2 aliphatic carbocycles. The van der Waals surface area contributed by atoms with Crippen molar-refractivity contribution < 1.29 is 0 Å². The first-order valence-corrected chi connectivity index (χ1v) is 9.47. The molecule has 126 valence electrons. The van der Waals surface area contributed by atoms with E-state index in [9.17, 15) is 0 Å². The predicted molar refractivity (Wildman–Crippen MR) is 103 cm³/mol. The summed E-state index contributed by atoms with van der Waals surface area (Å²) in [5, 5.41) is 0. The van der Waals surface area contributed by atoms with Crippen LogP contribution >= 0.6 is 0 Å². The number of hydrogen-bond donors (Lipinski definition) is 0. The van der Waals surface area contributed by atoms with E-state index in [2.05, 4.69) is 70.2 Å². The van der Waals surface area contributed by atoms with Crippen molar-refractivity contribution in [2.45, 2.75) is 78.1 Å². The molecule has 0 spiro atoms. The number of rotatable bonds is 3. The molecule has 1 saturated carbocycles. The molecule has 2 unspecified atom stereocenters. The van der Waals surface area contributed by atoms with E-state index in [1.807, 2.05) is 13.8 Å². The Kier molecular flexibility index (Phi) is 5.89. The van der Waals surface area contributed by atoms with Gasteiger partial charge in [0.05, 0.1) is 0 Å². The zero-order valence-electron chi connectivity index (χ0n) is 15.9. The van der Waals surface area contributed by atoms with Crippen LogP contribution in [0.1, 0.15) is 89.3 Å². The first-order valence-electron chi connectivity index (χ1n) is 9.47. The maximum absolute atomic E-state index is 2.52. The average molecular weight is 311 g/mol. The van der Waals surface area contributed by atoms with E-state index >= 15 is 0 Å². The van der Waals surface area contributed by atoms with E-state index in [4.69, 9.17) is 0 Å². The molecule has 1 fully saturated rings. The number of fused-ring (bicyclic) bond motifs is 1. The van der Waals surface area contributed by atoms with Gasteiger partial charge in [-0.05, 0) is 66.0 Å². The first kappa shape index (κ1) is 18.0. The second-order valence-electron chi connectivity index (χ2n) is 7.59. The summed E-state index contributed by atoms with van der Waals surface area (Å²) >= 11 is 0. The SMILES string of the molecule is C/C=C/C=C/[C@@H]1CC1c1ccc2c(c1)C(C)CCC2(C)C.CC. The molecule has 0 bridgehead atoms. The average Bonchev–Trinajstić information content (AvgIpc) is 3.33. The molecule has 0 aliphatic heterocycles. The van der Waals surface area contributed by atoms with Gasteiger partial charge < -0.3 is 0 Å². The molecule has 3 atom stereocenters. The Morgan fingerprint density at radius 3 is 2.57 bits per heavy atom. The Morgan fingerprint density at radius 1 is 1.13 bits per heavy atom. The summed E-state index contributed by atoms with van der Waals surface area (Å²) in [5.74, 6) is 2.24. The Balaban J connectivity index is 0.000000924. The molecule has 0 radical (unpaired) electrons. The lowest BCUT2D eigenvalue weighted by Gasteiger charge is -2.36. The van der Waals surface area contributed by atoms with Crippen LogP contribution in [0, 0.1) is 5.92 Å². The van der Waals surface area contributed by atoms with Crippen molar-refractivity contribution in [2.24, 2.45) is 5.92 Å². The third kappa shape index (κ3) is 3.97. The van der Waals surface area contributed by atoms with Crippen molar-refractivity contribution in [3.8, 4) is 0 Å². The third-order valence-corrected chi connectivity index (χ3v) is 5.47. The summed E-state index contributed by atoms with van der Waals surface area (Å²) < 4.78 is 0. The van der Waals surface area contributed by atoms with Crippen molar-refractivity contribution in [2.75, 3.05) is 0 Å². The summed E-state index contributed by atoms with van der Waals surface area (Å²) in [6.07, 6.45) is 12.8. The summed E-state index contributed by atoms with van der Waals surface area (Å²) in [6.45, 7) is 13.3. The molecule has 0 aromatic heterocycles. The van der Waals surface area contributed by atoms with E-state index in [1.165, 1.54) is 19.3 Å². The molecule has 1 aromatic carbocycles. The van der Waals surface area contributed by atoms with Gasteiger partial charge >= 0.3 is 0 Å². The van der Waals surface area contributed by atoms with Crippen LogP contribution in [-0.4, -0.2) is 0 Å². The molecule has 2 aliphatic rings. The van der Waals surface area contributed by atoms with Gasteiger partial charge in [0.25, 0.3) is 0 Å². The van der Waals surface area contributed by atoms with Gasteiger partial charge in [0.15, 0.2) is 0 Å². The number of allylic oxidation sites excluding steroid dienone is 4. The predicted octanol–water partition coefficient (Wildman–Crippen LogP) is 7.12. The lowest BCUT2D eigenvalue weighted by molar-refractivity contribution is 0.402. The third-order valence-electron chi connectivity index (χ3n) is 5.47. The molecule has 0 N–H and O–H groups in total. The van der Waals surface area contributed by atoms with E-state index in [0.717, 1.165) is 17.8 Å². The zero-order chi connectivity index (χ0) is 17.0. The molecule has 23 heavy (non-hydrogen) atoms. The van der Waals surface area contributed by atoms with E-state index < -0.39 is 0 Å². The smallest absolute Gasteiger partial charge is 0.00928 e. The molecule has 0 saturated heterocycles. The molecule has 0 amide bonds. The quantitative estimate of drug-likeness (QED) is 0.521. The van der Waals surface area contributed by atoms with Crippen LogP contribution in [0.3, 0.4) is 0 Å². The lowest BCUT2D eigenvalue weighted by atomic mass is 9.69. The van der Waals surface area contributed by atoms with E-state index in [0.29, 0.717) is 5.41 Å². The molecule has 3 rings (SSSR count). The van der Waals surface area contributed by atoms with Gasteiger partial charge in [0.2, 0.25) is 0 Å². The topological polar surface area (TPSA) is 0 Å². The minimum Gasteiger partial charge on any atom is -0.0877 e. The van der Waals surface area contributed by atoms with E-state index in [1.54, 1.807) is 16.7 Å². The van der Waals surface area contributed by atoms with Gasteiger partial charge in [-0.15, -0.1) is 0 Å². The second-order valence-corrected chi connectivity index (χ2v) is 7.59. The Morgan fingerprint density at radius 2 is 1.87 bits per heavy atom. The summed E-state index contributed by atoms with van der Waals surface area (Å²) in [6, 6.07) is 7.34. The van der Waals surface area contributed by atoms with E-state index in [-0.39, 0.29) is 0 Å². The van der Waals surface area contributed by atoms with Crippen molar-refractivity contribution in [1.82, 2.24) is 0 Å². The maximum atomic E-state index is 2.52. The number of hydrogen-bond acceptors (Lipinski definition) is 0. The van der Waals surface area contributed by atoms with Gasteiger partial charge in [-0.2, -0.15) is 0 Å². The minimum absolute atomic E-state index is 0.356. The summed E-state index contributed by atoms with van der Waals surface area (Å²) in [4.78, 5) is 0. The van der Waals surface area contributed by atoms with Gasteiger partial charge in [-0.25, -0.2) is 0 Å².